The maximum absolute atomic E-state index is 6.28. The van der Waals surface area contributed by atoms with Crippen LogP contribution in [0.3, 0.4) is 0 Å². The standard InChI is InChI=1S/C13H18ClN/c14-12-8-4-7-11(9-12)13(15)10-5-2-1-3-6-10/h4,7-10,13H,1-3,5-6,15H2/t13-/m1/s1. The summed E-state index contributed by atoms with van der Waals surface area (Å²) in [4.78, 5) is 0. The van der Waals surface area contributed by atoms with Gasteiger partial charge in [-0.25, -0.2) is 0 Å². The van der Waals surface area contributed by atoms with E-state index in [1.54, 1.807) is 0 Å². The van der Waals surface area contributed by atoms with Crippen LogP contribution in [0.5, 0.6) is 0 Å². The van der Waals surface area contributed by atoms with E-state index in [-0.39, 0.29) is 6.04 Å². The summed E-state index contributed by atoms with van der Waals surface area (Å²) in [5.41, 5.74) is 7.47. The molecule has 1 nitrogen and oxygen atoms in total. The third-order valence-corrected chi connectivity index (χ3v) is 3.63. The highest BCUT2D eigenvalue weighted by Gasteiger charge is 2.21. The number of halogens is 1. The molecule has 0 spiro atoms. The van der Waals surface area contributed by atoms with Gasteiger partial charge in [-0.2, -0.15) is 0 Å². The molecule has 1 atom stereocenters. The van der Waals surface area contributed by atoms with Crippen molar-refractivity contribution >= 4 is 11.6 Å². The van der Waals surface area contributed by atoms with Gasteiger partial charge in [0, 0.05) is 11.1 Å². The minimum Gasteiger partial charge on any atom is -0.324 e. The Balaban J connectivity index is 2.08. The van der Waals surface area contributed by atoms with Crippen molar-refractivity contribution in [3.63, 3.8) is 0 Å². The summed E-state index contributed by atoms with van der Waals surface area (Å²) < 4.78 is 0. The molecule has 15 heavy (non-hydrogen) atoms. The molecular weight excluding hydrogens is 206 g/mol. The van der Waals surface area contributed by atoms with Crippen LogP contribution in [0.2, 0.25) is 5.02 Å². The van der Waals surface area contributed by atoms with Crippen molar-refractivity contribution in [3.05, 3.63) is 34.9 Å². The highest BCUT2D eigenvalue weighted by atomic mass is 35.5. The van der Waals surface area contributed by atoms with Crippen LogP contribution in [0.1, 0.15) is 43.7 Å². The fourth-order valence-electron chi connectivity index (χ4n) is 2.48. The van der Waals surface area contributed by atoms with E-state index in [9.17, 15) is 0 Å². The summed E-state index contributed by atoms with van der Waals surface area (Å²) >= 11 is 5.97. The zero-order valence-corrected chi connectivity index (χ0v) is 9.71. The molecule has 1 aliphatic rings. The smallest absolute Gasteiger partial charge is 0.0409 e. The lowest BCUT2D eigenvalue weighted by Gasteiger charge is -2.27. The molecule has 0 aromatic heterocycles. The van der Waals surface area contributed by atoms with Crippen molar-refractivity contribution in [2.45, 2.75) is 38.1 Å². The van der Waals surface area contributed by atoms with Crippen molar-refractivity contribution < 1.29 is 0 Å². The second kappa shape index (κ2) is 5.00. The van der Waals surface area contributed by atoms with Gasteiger partial charge in [0.25, 0.3) is 0 Å². The second-order valence-electron chi connectivity index (χ2n) is 4.48. The van der Waals surface area contributed by atoms with Crippen LogP contribution < -0.4 is 5.73 Å². The molecule has 1 aliphatic carbocycles. The SMILES string of the molecule is N[C@@H](c1cccc(Cl)c1)C1CCCCC1. The van der Waals surface area contributed by atoms with E-state index < -0.39 is 0 Å². The van der Waals surface area contributed by atoms with Crippen LogP contribution in [0, 0.1) is 5.92 Å². The van der Waals surface area contributed by atoms with Gasteiger partial charge in [0.05, 0.1) is 0 Å². The molecule has 0 heterocycles. The Kier molecular flexibility index (Phi) is 3.66. The molecule has 1 aromatic rings. The summed E-state index contributed by atoms with van der Waals surface area (Å²) in [7, 11) is 0. The van der Waals surface area contributed by atoms with Gasteiger partial charge >= 0.3 is 0 Å². The summed E-state index contributed by atoms with van der Waals surface area (Å²) in [6.45, 7) is 0. The lowest BCUT2D eigenvalue weighted by molar-refractivity contribution is 0.308. The maximum atomic E-state index is 6.28. The molecule has 2 rings (SSSR count). The number of nitrogens with two attached hydrogens (primary N) is 1. The number of rotatable bonds is 2. The van der Waals surface area contributed by atoms with Gasteiger partial charge in [0.1, 0.15) is 0 Å². The average Bonchev–Trinajstić information content (AvgIpc) is 2.29. The molecule has 2 N–H and O–H groups in total. The minimum atomic E-state index is 0.170. The Morgan fingerprint density at radius 2 is 1.93 bits per heavy atom. The Labute approximate surface area is 96.6 Å². The van der Waals surface area contributed by atoms with E-state index in [4.69, 9.17) is 17.3 Å². The van der Waals surface area contributed by atoms with Gasteiger partial charge in [0.2, 0.25) is 0 Å². The van der Waals surface area contributed by atoms with Gasteiger partial charge in [0.15, 0.2) is 0 Å². The molecule has 0 radical (unpaired) electrons. The summed E-state index contributed by atoms with van der Waals surface area (Å²) in [5.74, 6) is 0.650. The predicted molar refractivity (Wildman–Crippen MR) is 65.0 cm³/mol. The molecule has 0 aliphatic heterocycles. The largest absolute Gasteiger partial charge is 0.324 e. The first-order valence-electron chi connectivity index (χ1n) is 5.78. The molecule has 1 saturated carbocycles. The Hall–Kier alpha value is -0.530. The van der Waals surface area contributed by atoms with Crippen LogP contribution in [-0.2, 0) is 0 Å². The number of hydrogen-bond donors (Lipinski definition) is 1. The molecule has 2 heteroatoms. The molecular formula is C13H18ClN. The number of hydrogen-bond acceptors (Lipinski definition) is 1. The van der Waals surface area contributed by atoms with Crippen molar-refractivity contribution in [1.82, 2.24) is 0 Å². The van der Waals surface area contributed by atoms with E-state index in [0.717, 1.165) is 5.02 Å². The molecule has 0 bridgehead atoms. The Morgan fingerprint density at radius 1 is 1.20 bits per heavy atom. The zero-order valence-electron chi connectivity index (χ0n) is 8.95. The second-order valence-corrected chi connectivity index (χ2v) is 4.92. The summed E-state index contributed by atoms with van der Waals surface area (Å²) in [5, 5.41) is 0.791. The summed E-state index contributed by atoms with van der Waals surface area (Å²) in [6, 6.07) is 8.15. The lowest BCUT2D eigenvalue weighted by Crippen LogP contribution is -2.23. The quantitative estimate of drug-likeness (QED) is 0.808. The fraction of sp³-hybridized carbons (Fsp3) is 0.538. The molecule has 0 amide bonds. The Morgan fingerprint density at radius 3 is 2.60 bits per heavy atom. The average molecular weight is 224 g/mol. The van der Waals surface area contributed by atoms with E-state index in [1.807, 2.05) is 18.2 Å². The molecule has 1 fully saturated rings. The van der Waals surface area contributed by atoms with Crippen molar-refractivity contribution in [1.29, 1.82) is 0 Å². The highest BCUT2D eigenvalue weighted by molar-refractivity contribution is 6.30. The van der Waals surface area contributed by atoms with E-state index in [2.05, 4.69) is 6.07 Å². The van der Waals surface area contributed by atoms with Gasteiger partial charge in [-0.3, -0.25) is 0 Å². The maximum Gasteiger partial charge on any atom is 0.0409 e. The van der Waals surface area contributed by atoms with Crippen LogP contribution in [0.25, 0.3) is 0 Å². The lowest BCUT2D eigenvalue weighted by atomic mass is 9.81. The van der Waals surface area contributed by atoms with E-state index in [0.29, 0.717) is 5.92 Å². The van der Waals surface area contributed by atoms with Gasteiger partial charge in [-0.15, -0.1) is 0 Å². The minimum absolute atomic E-state index is 0.170. The third kappa shape index (κ3) is 2.73. The van der Waals surface area contributed by atoms with Crippen molar-refractivity contribution in [2.24, 2.45) is 11.7 Å². The van der Waals surface area contributed by atoms with Crippen molar-refractivity contribution in [3.8, 4) is 0 Å². The normalized spacial score (nSPS) is 20.1. The van der Waals surface area contributed by atoms with Gasteiger partial charge in [-0.05, 0) is 36.5 Å². The molecule has 0 unspecified atom stereocenters. The molecule has 1 aromatic carbocycles. The van der Waals surface area contributed by atoms with Crippen LogP contribution >= 0.6 is 11.6 Å². The topological polar surface area (TPSA) is 26.0 Å². The van der Waals surface area contributed by atoms with Gasteiger partial charge in [-0.1, -0.05) is 43.0 Å². The van der Waals surface area contributed by atoms with Gasteiger partial charge < -0.3 is 5.73 Å². The van der Waals surface area contributed by atoms with E-state index in [1.165, 1.54) is 37.7 Å². The Bertz CT molecular complexity index is 318. The van der Waals surface area contributed by atoms with Crippen LogP contribution in [0.15, 0.2) is 24.3 Å². The first-order chi connectivity index (χ1) is 7.27. The van der Waals surface area contributed by atoms with Crippen LogP contribution in [-0.4, -0.2) is 0 Å². The van der Waals surface area contributed by atoms with Crippen molar-refractivity contribution in [2.75, 3.05) is 0 Å². The first kappa shape index (κ1) is 11.0. The monoisotopic (exact) mass is 223 g/mol. The van der Waals surface area contributed by atoms with Crippen LogP contribution in [0.4, 0.5) is 0 Å². The molecule has 0 saturated heterocycles. The predicted octanol–water partition coefficient (Wildman–Crippen LogP) is 3.92. The first-order valence-corrected chi connectivity index (χ1v) is 6.16. The molecule has 82 valence electrons. The zero-order chi connectivity index (χ0) is 10.7. The number of benzene rings is 1. The van der Waals surface area contributed by atoms with E-state index >= 15 is 0 Å². The summed E-state index contributed by atoms with van der Waals surface area (Å²) in [6.07, 6.45) is 6.58. The fourth-order valence-corrected chi connectivity index (χ4v) is 2.68. The third-order valence-electron chi connectivity index (χ3n) is 3.39. The highest BCUT2D eigenvalue weighted by Crippen LogP contribution is 2.33.